The molecule has 0 amide bonds. The van der Waals surface area contributed by atoms with E-state index in [1.54, 1.807) is 0 Å². The Labute approximate surface area is 41.6 Å². The Hall–Kier alpha value is -0.570. The molecule has 1 N–H and O–H groups in total. The van der Waals surface area contributed by atoms with E-state index in [2.05, 4.69) is 5.16 Å². The van der Waals surface area contributed by atoms with E-state index in [-0.39, 0.29) is 6.10 Å². The molecule has 3 nitrogen and oxygen atoms in total. The molecular weight excluding hydrogens is 94.0 g/mol. The number of hydrogen-bond acceptors (Lipinski definition) is 3. The Balaban J connectivity index is 2.14. The summed E-state index contributed by atoms with van der Waals surface area (Å²) in [6, 6.07) is 0. The molecule has 1 unspecified atom stereocenters. The van der Waals surface area contributed by atoms with Gasteiger partial charge in [0.2, 0.25) is 0 Å². The maximum atomic E-state index is 7.89. The normalized spacial score (nSPS) is 30.6. The van der Waals surface area contributed by atoms with Gasteiger partial charge < -0.3 is 9.94 Å². The van der Waals surface area contributed by atoms with Gasteiger partial charge in [-0.2, -0.15) is 0 Å². The number of nitrogens with zero attached hydrogens (tertiary/aromatic N) is 1. The summed E-state index contributed by atoms with van der Waals surface area (Å²) in [6.07, 6.45) is 2.47. The molecule has 0 spiro atoms. The summed E-state index contributed by atoms with van der Waals surface area (Å²) in [6.45, 7) is 0.802. The largest absolute Gasteiger partial charge is 0.411 e. The van der Waals surface area contributed by atoms with E-state index >= 15 is 0 Å². The average Bonchev–Trinajstić information content (AvgIpc) is 1.55. The van der Waals surface area contributed by atoms with Crippen molar-refractivity contribution in [3.63, 3.8) is 0 Å². The van der Waals surface area contributed by atoms with Crippen molar-refractivity contribution in [3.8, 4) is 0 Å². The van der Waals surface area contributed by atoms with Gasteiger partial charge in [-0.3, -0.25) is 0 Å². The maximum Gasteiger partial charge on any atom is 0.0981 e. The minimum absolute atomic E-state index is 0.0880. The third-order valence-electron chi connectivity index (χ3n) is 0.967. The zero-order chi connectivity index (χ0) is 5.11. The van der Waals surface area contributed by atoms with E-state index in [4.69, 9.17) is 9.94 Å². The van der Waals surface area contributed by atoms with Crippen molar-refractivity contribution in [2.24, 2.45) is 5.16 Å². The molecule has 3 heteroatoms. The van der Waals surface area contributed by atoms with E-state index in [9.17, 15) is 0 Å². The molecule has 0 aromatic rings. The zero-order valence-corrected chi connectivity index (χ0v) is 3.87. The van der Waals surface area contributed by atoms with Crippen LogP contribution in [0.3, 0.4) is 0 Å². The fourth-order valence-corrected chi connectivity index (χ4v) is 0.446. The number of rotatable bonds is 1. The minimum Gasteiger partial charge on any atom is -0.411 e. The highest BCUT2D eigenvalue weighted by atomic mass is 16.5. The summed E-state index contributed by atoms with van der Waals surface area (Å²) in [7, 11) is 0. The summed E-state index contributed by atoms with van der Waals surface area (Å²) in [5, 5.41) is 10.7. The zero-order valence-electron chi connectivity index (χ0n) is 3.87. The molecule has 7 heavy (non-hydrogen) atoms. The van der Waals surface area contributed by atoms with Gasteiger partial charge in [-0.15, -0.1) is 0 Å². The summed E-state index contributed by atoms with van der Waals surface area (Å²) in [5.41, 5.74) is 0. The molecule has 40 valence electrons. The highest BCUT2D eigenvalue weighted by Gasteiger charge is 2.14. The number of hydrogen-bond donors (Lipinski definition) is 1. The molecule has 0 bridgehead atoms. The Morgan fingerprint density at radius 2 is 2.57 bits per heavy atom. The number of ether oxygens (including phenoxy) is 1. The van der Waals surface area contributed by atoms with Crippen LogP contribution in [-0.2, 0) is 4.74 Å². The van der Waals surface area contributed by atoms with E-state index in [1.165, 1.54) is 6.21 Å². The van der Waals surface area contributed by atoms with Gasteiger partial charge in [0.15, 0.2) is 0 Å². The van der Waals surface area contributed by atoms with Gasteiger partial charge in [-0.25, -0.2) is 0 Å². The van der Waals surface area contributed by atoms with Crippen molar-refractivity contribution in [2.75, 3.05) is 6.61 Å². The molecule has 0 radical (unpaired) electrons. The Bertz CT molecular complexity index is 77.8. The lowest BCUT2D eigenvalue weighted by atomic mass is 10.2. The van der Waals surface area contributed by atoms with Gasteiger partial charge in [-0.05, 0) is 0 Å². The van der Waals surface area contributed by atoms with Crippen molar-refractivity contribution in [1.29, 1.82) is 0 Å². The van der Waals surface area contributed by atoms with Crippen LogP contribution in [-0.4, -0.2) is 24.1 Å². The SMILES string of the molecule is ON=CC1CCO1. The molecule has 1 rings (SSSR count). The maximum absolute atomic E-state index is 7.89. The third kappa shape index (κ3) is 0.899. The van der Waals surface area contributed by atoms with Crippen molar-refractivity contribution in [3.05, 3.63) is 0 Å². The van der Waals surface area contributed by atoms with Gasteiger partial charge in [0.25, 0.3) is 0 Å². The predicted molar refractivity (Wildman–Crippen MR) is 24.6 cm³/mol. The Morgan fingerprint density at radius 1 is 1.86 bits per heavy atom. The smallest absolute Gasteiger partial charge is 0.0981 e. The van der Waals surface area contributed by atoms with E-state index in [0.29, 0.717) is 0 Å². The summed E-state index contributed by atoms with van der Waals surface area (Å²) < 4.78 is 4.86. The van der Waals surface area contributed by atoms with Crippen molar-refractivity contribution < 1.29 is 9.94 Å². The van der Waals surface area contributed by atoms with Gasteiger partial charge in [0.05, 0.1) is 18.9 Å². The van der Waals surface area contributed by atoms with Crippen LogP contribution in [0.4, 0.5) is 0 Å². The second kappa shape index (κ2) is 1.93. The van der Waals surface area contributed by atoms with Gasteiger partial charge in [0.1, 0.15) is 0 Å². The fourth-order valence-electron chi connectivity index (χ4n) is 0.446. The predicted octanol–water partition coefficient (Wildman–Crippen LogP) is 0.235. The molecule has 1 fully saturated rings. The second-order valence-electron chi connectivity index (χ2n) is 1.46. The quantitative estimate of drug-likeness (QED) is 0.292. The van der Waals surface area contributed by atoms with Gasteiger partial charge in [-0.1, -0.05) is 5.16 Å². The van der Waals surface area contributed by atoms with Crippen LogP contribution in [0.2, 0.25) is 0 Å². The summed E-state index contributed by atoms with van der Waals surface area (Å²) >= 11 is 0. The van der Waals surface area contributed by atoms with Crippen LogP contribution >= 0.6 is 0 Å². The standard InChI is InChI=1S/C4H7NO2/c6-5-3-4-1-2-7-4/h3-4,6H,1-2H2. The Morgan fingerprint density at radius 3 is 2.71 bits per heavy atom. The summed E-state index contributed by atoms with van der Waals surface area (Å²) in [5.74, 6) is 0. The van der Waals surface area contributed by atoms with Crippen LogP contribution in [0.1, 0.15) is 6.42 Å². The molecule has 1 aliphatic heterocycles. The van der Waals surface area contributed by atoms with Crippen LogP contribution < -0.4 is 0 Å². The lowest BCUT2D eigenvalue weighted by molar-refractivity contribution is -0.00383. The summed E-state index contributed by atoms with van der Waals surface area (Å²) in [4.78, 5) is 0. The van der Waals surface area contributed by atoms with Gasteiger partial charge >= 0.3 is 0 Å². The first kappa shape index (κ1) is 4.59. The third-order valence-corrected chi connectivity index (χ3v) is 0.967. The Kier molecular flexibility index (Phi) is 1.26. The lowest BCUT2D eigenvalue weighted by Gasteiger charge is -2.20. The highest BCUT2D eigenvalue weighted by Crippen LogP contribution is 2.06. The van der Waals surface area contributed by atoms with Crippen LogP contribution in [0.25, 0.3) is 0 Å². The molecule has 0 aromatic heterocycles. The van der Waals surface area contributed by atoms with Crippen molar-refractivity contribution >= 4 is 6.21 Å². The average molecular weight is 101 g/mol. The minimum atomic E-state index is 0.0880. The monoisotopic (exact) mass is 101 g/mol. The molecule has 0 aliphatic carbocycles. The first-order valence-corrected chi connectivity index (χ1v) is 2.22. The molecule has 0 aromatic carbocycles. The van der Waals surface area contributed by atoms with E-state index in [1.807, 2.05) is 0 Å². The van der Waals surface area contributed by atoms with Crippen LogP contribution in [0.15, 0.2) is 5.16 Å². The lowest BCUT2D eigenvalue weighted by Crippen LogP contribution is -2.27. The van der Waals surface area contributed by atoms with Crippen molar-refractivity contribution in [2.45, 2.75) is 12.5 Å². The molecule has 0 saturated carbocycles. The molecular formula is C4H7NO2. The van der Waals surface area contributed by atoms with E-state index in [0.717, 1.165) is 13.0 Å². The second-order valence-corrected chi connectivity index (χ2v) is 1.46. The van der Waals surface area contributed by atoms with Crippen LogP contribution in [0.5, 0.6) is 0 Å². The first-order chi connectivity index (χ1) is 3.43. The first-order valence-electron chi connectivity index (χ1n) is 2.22. The topological polar surface area (TPSA) is 41.8 Å². The molecule has 1 saturated heterocycles. The molecule has 1 atom stereocenters. The molecule has 1 heterocycles. The number of oxime groups is 1. The van der Waals surface area contributed by atoms with Gasteiger partial charge in [0, 0.05) is 6.42 Å². The van der Waals surface area contributed by atoms with Crippen LogP contribution in [0, 0.1) is 0 Å². The molecule has 1 aliphatic rings. The highest BCUT2D eigenvalue weighted by molar-refractivity contribution is 5.62. The fraction of sp³-hybridized carbons (Fsp3) is 0.750. The van der Waals surface area contributed by atoms with E-state index < -0.39 is 0 Å². The van der Waals surface area contributed by atoms with Crippen molar-refractivity contribution in [1.82, 2.24) is 0 Å².